The number of morpholine rings is 1. The van der Waals surface area contributed by atoms with Crippen molar-refractivity contribution in [3.05, 3.63) is 59.9 Å². The molecule has 10 heteroatoms. The highest BCUT2D eigenvalue weighted by molar-refractivity contribution is 5.57. The van der Waals surface area contributed by atoms with Crippen LogP contribution in [-0.2, 0) is 10.9 Å². The van der Waals surface area contributed by atoms with Gasteiger partial charge in [0.15, 0.2) is 0 Å². The number of alkyl halides is 3. The van der Waals surface area contributed by atoms with Crippen molar-refractivity contribution in [3.8, 4) is 11.4 Å². The van der Waals surface area contributed by atoms with Gasteiger partial charge in [0, 0.05) is 32.8 Å². The predicted octanol–water partition coefficient (Wildman–Crippen LogP) is 4.30. The van der Waals surface area contributed by atoms with Gasteiger partial charge in [0.05, 0.1) is 24.5 Å². The van der Waals surface area contributed by atoms with E-state index in [-0.39, 0.29) is 13.1 Å². The third-order valence-corrected chi connectivity index (χ3v) is 5.02. The fourth-order valence-electron chi connectivity index (χ4n) is 3.42. The number of nitrogens with one attached hydrogen (secondary N) is 1. The summed E-state index contributed by atoms with van der Waals surface area (Å²) in [6.45, 7) is 6.65. The lowest BCUT2D eigenvalue weighted by molar-refractivity contribution is -0.137. The highest BCUT2D eigenvalue weighted by Crippen LogP contribution is 2.30. The molecule has 0 atom stereocenters. The summed E-state index contributed by atoms with van der Waals surface area (Å²) in [5, 5.41) is 7.34. The van der Waals surface area contributed by atoms with E-state index in [1.54, 1.807) is 6.07 Å². The van der Waals surface area contributed by atoms with Crippen molar-refractivity contribution in [2.75, 3.05) is 44.8 Å². The zero-order valence-corrected chi connectivity index (χ0v) is 17.6. The molecule has 3 aromatic rings. The first kappa shape index (κ1) is 22.1. The van der Waals surface area contributed by atoms with Crippen LogP contribution in [0.15, 0.2) is 48.8 Å². The van der Waals surface area contributed by atoms with E-state index < -0.39 is 11.7 Å². The summed E-state index contributed by atoms with van der Waals surface area (Å²) in [5.41, 5.74) is 1.26. The molecule has 0 saturated carbocycles. The maximum Gasteiger partial charge on any atom is 0.416 e. The standard InChI is InChI=1S/C22H24F3N5O2.H2/c1-16-11-18(14-20(12-16)32-10-7-29-5-8-31-9-6-29)27-21-26-15-30(28-21)19-4-2-3-17(13-19)22(23,24)25;/h2-4,11-15H,5-10H2,1H3,(H,27,28);1H. The van der Waals surface area contributed by atoms with Gasteiger partial charge in [0.1, 0.15) is 18.7 Å². The topological polar surface area (TPSA) is 64.4 Å². The summed E-state index contributed by atoms with van der Waals surface area (Å²) >= 11 is 0. The average Bonchev–Trinajstić information content (AvgIpc) is 3.22. The predicted molar refractivity (Wildman–Crippen MR) is 116 cm³/mol. The molecule has 0 radical (unpaired) electrons. The molecule has 0 spiro atoms. The van der Waals surface area contributed by atoms with Crippen molar-refractivity contribution in [2.24, 2.45) is 0 Å². The normalized spacial score (nSPS) is 15.0. The van der Waals surface area contributed by atoms with Crippen LogP contribution in [-0.4, -0.2) is 59.1 Å². The number of hydrogen-bond donors (Lipinski definition) is 1. The molecule has 7 nitrogen and oxygen atoms in total. The fraction of sp³-hybridized carbons (Fsp3) is 0.364. The molecule has 1 fully saturated rings. The first-order chi connectivity index (χ1) is 15.4. The maximum absolute atomic E-state index is 13.0. The van der Waals surface area contributed by atoms with Crippen LogP contribution in [0.4, 0.5) is 24.8 Å². The number of rotatable bonds is 7. The Bertz CT molecular complexity index is 1050. The summed E-state index contributed by atoms with van der Waals surface area (Å²) in [6, 6.07) is 10.6. The molecular formula is C22H26F3N5O2. The van der Waals surface area contributed by atoms with Crippen LogP contribution in [0, 0.1) is 6.92 Å². The van der Waals surface area contributed by atoms with Gasteiger partial charge in [0.25, 0.3) is 0 Å². The number of ether oxygens (including phenoxy) is 2. The largest absolute Gasteiger partial charge is 0.492 e. The van der Waals surface area contributed by atoms with Gasteiger partial charge in [-0.1, -0.05) is 6.07 Å². The van der Waals surface area contributed by atoms with Gasteiger partial charge in [-0.3, -0.25) is 4.90 Å². The Hall–Kier alpha value is -3.11. The number of aromatic nitrogens is 3. The molecule has 1 N–H and O–H groups in total. The van der Waals surface area contributed by atoms with E-state index >= 15 is 0 Å². The highest BCUT2D eigenvalue weighted by Gasteiger charge is 2.30. The van der Waals surface area contributed by atoms with Crippen LogP contribution in [0.5, 0.6) is 5.75 Å². The van der Waals surface area contributed by atoms with E-state index in [2.05, 4.69) is 20.3 Å². The van der Waals surface area contributed by atoms with Crippen LogP contribution in [0.3, 0.4) is 0 Å². The van der Waals surface area contributed by atoms with Gasteiger partial charge in [0.2, 0.25) is 5.95 Å². The van der Waals surface area contributed by atoms with Gasteiger partial charge in [-0.05, 0) is 42.8 Å². The number of anilines is 2. The van der Waals surface area contributed by atoms with Gasteiger partial charge in [-0.15, -0.1) is 5.10 Å². The second-order valence-corrected chi connectivity index (χ2v) is 7.52. The molecule has 1 saturated heterocycles. The molecule has 0 amide bonds. The number of halogens is 3. The number of hydrogen-bond acceptors (Lipinski definition) is 6. The molecule has 172 valence electrons. The number of nitrogens with zero attached hydrogens (tertiary/aromatic N) is 4. The molecule has 2 heterocycles. The minimum atomic E-state index is -4.42. The van der Waals surface area contributed by atoms with Crippen LogP contribution < -0.4 is 10.1 Å². The average molecular weight is 449 g/mol. The van der Waals surface area contributed by atoms with Crippen LogP contribution >= 0.6 is 0 Å². The molecule has 1 aliphatic heterocycles. The molecule has 1 aliphatic rings. The van der Waals surface area contributed by atoms with E-state index in [0.29, 0.717) is 6.61 Å². The van der Waals surface area contributed by atoms with Gasteiger partial charge in [-0.25, -0.2) is 4.68 Å². The second kappa shape index (κ2) is 9.58. The Labute approximate surface area is 185 Å². The zero-order chi connectivity index (χ0) is 22.6. The second-order valence-electron chi connectivity index (χ2n) is 7.52. The Morgan fingerprint density at radius 3 is 2.75 bits per heavy atom. The van der Waals surface area contributed by atoms with Crippen molar-refractivity contribution in [3.63, 3.8) is 0 Å². The van der Waals surface area contributed by atoms with Crippen molar-refractivity contribution < 1.29 is 24.1 Å². The molecule has 0 unspecified atom stereocenters. The third-order valence-electron chi connectivity index (χ3n) is 5.02. The smallest absolute Gasteiger partial charge is 0.416 e. The van der Waals surface area contributed by atoms with Crippen molar-refractivity contribution in [2.45, 2.75) is 13.1 Å². The molecular weight excluding hydrogens is 423 g/mol. The maximum atomic E-state index is 13.0. The quantitative estimate of drug-likeness (QED) is 0.581. The van der Waals surface area contributed by atoms with Gasteiger partial charge < -0.3 is 14.8 Å². The summed E-state index contributed by atoms with van der Waals surface area (Å²) in [7, 11) is 0. The lowest BCUT2D eigenvalue weighted by Crippen LogP contribution is -2.38. The van der Waals surface area contributed by atoms with Crippen molar-refractivity contribution in [1.82, 2.24) is 19.7 Å². The van der Waals surface area contributed by atoms with Crippen molar-refractivity contribution >= 4 is 11.6 Å². The van der Waals surface area contributed by atoms with E-state index in [1.807, 2.05) is 25.1 Å². The summed E-state index contributed by atoms with van der Waals surface area (Å²) in [5.74, 6) is 0.991. The number of aryl methyl sites for hydroxylation is 1. The SMILES string of the molecule is Cc1cc(Nc2ncn(-c3cccc(C(F)(F)F)c3)n2)cc(OCCN2CCOCC2)c1.[HH]. The molecule has 32 heavy (non-hydrogen) atoms. The van der Waals surface area contributed by atoms with Gasteiger partial charge in [-0.2, -0.15) is 18.2 Å². The number of benzene rings is 2. The van der Waals surface area contributed by atoms with E-state index in [4.69, 9.17) is 9.47 Å². The zero-order valence-electron chi connectivity index (χ0n) is 17.6. The lowest BCUT2D eigenvalue weighted by atomic mass is 10.2. The minimum absolute atomic E-state index is 0. The summed E-state index contributed by atoms with van der Waals surface area (Å²) in [6.07, 6.45) is -3.05. The summed E-state index contributed by atoms with van der Waals surface area (Å²) < 4.78 is 51.5. The molecule has 0 bridgehead atoms. The monoisotopic (exact) mass is 449 g/mol. The Balaban J connectivity index is 0.00000306. The molecule has 4 rings (SSSR count). The highest BCUT2D eigenvalue weighted by atomic mass is 19.4. The molecule has 0 aliphatic carbocycles. The molecule has 1 aromatic heterocycles. The van der Waals surface area contributed by atoms with E-state index in [9.17, 15) is 13.2 Å². The molecule has 2 aromatic carbocycles. The van der Waals surface area contributed by atoms with Crippen LogP contribution in [0.25, 0.3) is 5.69 Å². The van der Waals surface area contributed by atoms with Gasteiger partial charge >= 0.3 is 6.18 Å². The van der Waals surface area contributed by atoms with Crippen LogP contribution in [0.2, 0.25) is 0 Å². The van der Waals surface area contributed by atoms with Crippen LogP contribution in [0.1, 0.15) is 12.6 Å². The Morgan fingerprint density at radius 1 is 1.16 bits per heavy atom. The van der Waals surface area contributed by atoms with E-state index in [1.165, 1.54) is 17.1 Å². The van der Waals surface area contributed by atoms with E-state index in [0.717, 1.165) is 62.0 Å². The first-order valence-electron chi connectivity index (χ1n) is 10.3. The van der Waals surface area contributed by atoms with Crippen molar-refractivity contribution in [1.29, 1.82) is 0 Å². The Kier molecular flexibility index (Phi) is 6.61. The Morgan fingerprint density at radius 2 is 1.97 bits per heavy atom. The minimum Gasteiger partial charge on any atom is -0.492 e. The first-order valence-corrected chi connectivity index (χ1v) is 10.3. The lowest BCUT2D eigenvalue weighted by Gasteiger charge is -2.26. The summed E-state index contributed by atoms with van der Waals surface area (Å²) in [4.78, 5) is 6.46. The fourth-order valence-corrected chi connectivity index (χ4v) is 3.42. The third kappa shape index (κ3) is 5.77.